The highest BCUT2D eigenvalue weighted by Crippen LogP contribution is 2.29. The summed E-state index contributed by atoms with van der Waals surface area (Å²) in [5.41, 5.74) is 0.512. The van der Waals surface area contributed by atoms with Gasteiger partial charge in [-0.1, -0.05) is 12.1 Å². The second kappa shape index (κ2) is 9.29. The number of nitrogens with zero attached hydrogens (tertiary/aromatic N) is 1. The van der Waals surface area contributed by atoms with Gasteiger partial charge in [0, 0.05) is 19.0 Å². The van der Waals surface area contributed by atoms with Crippen molar-refractivity contribution < 1.29 is 23.1 Å². The molecule has 0 aliphatic carbocycles. The molecule has 3 aromatic rings. The second-order valence-electron chi connectivity index (χ2n) is 6.22. The lowest BCUT2D eigenvalue weighted by atomic mass is 10.3. The summed E-state index contributed by atoms with van der Waals surface area (Å²) in [7, 11) is 3.32. The highest BCUT2D eigenvalue weighted by Gasteiger charge is 2.16. The van der Waals surface area contributed by atoms with E-state index < -0.39 is 5.91 Å². The van der Waals surface area contributed by atoms with Crippen LogP contribution in [0.4, 0.5) is 14.9 Å². The van der Waals surface area contributed by atoms with Gasteiger partial charge in [-0.15, -0.1) is 0 Å². The largest absolute Gasteiger partial charge is 0.486 e. The van der Waals surface area contributed by atoms with E-state index in [1.807, 2.05) is 0 Å². The first-order valence-electron chi connectivity index (χ1n) is 8.69. The topological polar surface area (TPSA) is 71.8 Å². The van der Waals surface area contributed by atoms with Gasteiger partial charge in [0.2, 0.25) is 0 Å². The fraction of sp³-hybridized carbons (Fsp3) is 0.143. The number of thioether (sulfide) groups is 1. The van der Waals surface area contributed by atoms with E-state index in [0.29, 0.717) is 22.1 Å². The SMILES string of the molecule is CN(C)C(=O)Sc1ccccc1NC(=O)c1ccc(COc2ccc(F)cc2)o1. The van der Waals surface area contributed by atoms with Gasteiger partial charge in [-0.3, -0.25) is 9.59 Å². The minimum atomic E-state index is -0.441. The average Bonchev–Trinajstić information content (AvgIpc) is 3.18. The van der Waals surface area contributed by atoms with Gasteiger partial charge in [-0.05, 0) is 60.3 Å². The number of carbonyl (C=O) groups excluding carboxylic acids is 2. The van der Waals surface area contributed by atoms with Gasteiger partial charge in [0.1, 0.15) is 23.9 Å². The Hall–Kier alpha value is -3.26. The minimum absolute atomic E-state index is 0.0999. The zero-order valence-electron chi connectivity index (χ0n) is 15.8. The number of nitrogens with one attached hydrogen (secondary N) is 1. The number of furan rings is 1. The fourth-order valence-electron chi connectivity index (χ4n) is 2.29. The lowest BCUT2D eigenvalue weighted by Crippen LogP contribution is -2.17. The van der Waals surface area contributed by atoms with Crippen LogP contribution in [0.5, 0.6) is 5.75 Å². The molecule has 1 aromatic heterocycles. The summed E-state index contributed by atoms with van der Waals surface area (Å²) in [5, 5.41) is 2.61. The number of rotatable bonds is 6. The van der Waals surface area contributed by atoms with Crippen molar-refractivity contribution >= 4 is 28.6 Å². The molecule has 0 bridgehead atoms. The van der Waals surface area contributed by atoms with E-state index in [-0.39, 0.29) is 23.4 Å². The molecule has 1 N–H and O–H groups in total. The second-order valence-corrected chi connectivity index (χ2v) is 7.21. The van der Waals surface area contributed by atoms with Crippen molar-refractivity contribution in [2.45, 2.75) is 11.5 Å². The van der Waals surface area contributed by atoms with E-state index in [0.717, 1.165) is 11.8 Å². The number of ether oxygens (including phenoxy) is 1. The molecule has 8 heteroatoms. The van der Waals surface area contributed by atoms with Crippen molar-refractivity contribution in [3.05, 3.63) is 78.0 Å². The molecule has 2 amide bonds. The number of benzene rings is 2. The summed E-state index contributed by atoms with van der Waals surface area (Å²) in [5.74, 6) is 0.264. The van der Waals surface area contributed by atoms with E-state index in [2.05, 4.69) is 5.32 Å². The number of carbonyl (C=O) groups is 2. The molecule has 3 rings (SSSR count). The molecule has 29 heavy (non-hydrogen) atoms. The standard InChI is InChI=1S/C21H19FN2O4S/c1-24(2)21(26)29-19-6-4-3-5-17(19)23-20(25)18-12-11-16(28-18)13-27-15-9-7-14(22)8-10-15/h3-12H,13H2,1-2H3,(H,23,25). The first-order valence-corrected chi connectivity index (χ1v) is 9.50. The Bertz CT molecular complexity index is 1000. The van der Waals surface area contributed by atoms with Crippen LogP contribution in [0.2, 0.25) is 0 Å². The minimum Gasteiger partial charge on any atom is -0.486 e. The molecule has 0 aliphatic heterocycles. The lowest BCUT2D eigenvalue weighted by molar-refractivity contribution is 0.0992. The van der Waals surface area contributed by atoms with Gasteiger partial charge >= 0.3 is 0 Å². The number of anilines is 1. The predicted molar refractivity (Wildman–Crippen MR) is 109 cm³/mol. The van der Waals surface area contributed by atoms with E-state index in [1.54, 1.807) is 50.5 Å². The van der Waals surface area contributed by atoms with Crippen LogP contribution in [0.15, 0.2) is 70.0 Å². The normalized spacial score (nSPS) is 10.4. The van der Waals surface area contributed by atoms with Crippen molar-refractivity contribution in [1.29, 1.82) is 0 Å². The third-order valence-corrected chi connectivity index (χ3v) is 4.89. The Labute approximate surface area is 171 Å². The van der Waals surface area contributed by atoms with Crippen LogP contribution in [0.1, 0.15) is 16.3 Å². The first-order chi connectivity index (χ1) is 13.9. The fourth-order valence-corrected chi connectivity index (χ4v) is 3.04. The quantitative estimate of drug-likeness (QED) is 0.573. The van der Waals surface area contributed by atoms with Crippen LogP contribution >= 0.6 is 11.8 Å². The Kier molecular flexibility index (Phi) is 6.56. The smallest absolute Gasteiger partial charge is 0.291 e. The predicted octanol–water partition coefficient (Wildman–Crippen LogP) is 5.02. The molecule has 0 atom stereocenters. The van der Waals surface area contributed by atoms with Crippen LogP contribution in [-0.4, -0.2) is 30.1 Å². The number of para-hydroxylation sites is 1. The van der Waals surface area contributed by atoms with Gasteiger partial charge in [0.25, 0.3) is 11.1 Å². The molecule has 0 fully saturated rings. The van der Waals surface area contributed by atoms with Gasteiger partial charge in [-0.25, -0.2) is 4.39 Å². The number of amides is 2. The number of halogens is 1. The van der Waals surface area contributed by atoms with Crippen molar-refractivity contribution in [3.63, 3.8) is 0 Å². The molecule has 1 heterocycles. The van der Waals surface area contributed by atoms with Crippen molar-refractivity contribution in [2.75, 3.05) is 19.4 Å². The first kappa shape index (κ1) is 20.5. The molecular weight excluding hydrogens is 395 g/mol. The van der Waals surface area contributed by atoms with Crippen molar-refractivity contribution in [1.82, 2.24) is 4.90 Å². The van der Waals surface area contributed by atoms with E-state index >= 15 is 0 Å². The zero-order chi connectivity index (χ0) is 20.8. The Balaban J connectivity index is 1.63. The highest BCUT2D eigenvalue weighted by molar-refractivity contribution is 8.13. The molecule has 6 nitrogen and oxygen atoms in total. The Morgan fingerprint density at radius 3 is 2.52 bits per heavy atom. The molecule has 0 spiro atoms. The average molecular weight is 414 g/mol. The van der Waals surface area contributed by atoms with Gasteiger partial charge < -0.3 is 19.4 Å². The summed E-state index contributed by atoms with van der Waals surface area (Å²) in [6, 6.07) is 15.8. The van der Waals surface area contributed by atoms with E-state index in [4.69, 9.17) is 9.15 Å². The molecule has 0 aliphatic rings. The van der Waals surface area contributed by atoms with Crippen molar-refractivity contribution in [3.8, 4) is 5.75 Å². The van der Waals surface area contributed by atoms with Gasteiger partial charge in [-0.2, -0.15) is 0 Å². The summed E-state index contributed by atoms with van der Waals surface area (Å²) >= 11 is 1.02. The third kappa shape index (κ3) is 5.61. The molecular formula is C21H19FN2O4S. The Morgan fingerprint density at radius 1 is 1.07 bits per heavy atom. The summed E-state index contributed by atoms with van der Waals surface area (Å²) in [4.78, 5) is 26.6. The number of hydrogen-bond acceptors (Lipinski definition) is 5. The maximum atomic E-state index is 12.9. The Morgan fingerprint density at radius 2 is 1.79 bits per heavy atom. The van der Waals surface area contributed by atoms with E-state index in [1.165, 1.54) is 29.2 Å². The molecule has 0 saturated carbocycles. The van der Waals surface area contributed by atoms with Gasteiger partial charge in [0.05, 0.1) is 5.69 Å². The number of hydrogen-bond donors (Lipinski definition) is 1. The maximum Gasteiger partial charge on any atom is 0.291 e. The zero-order valence-corrected chi connectivity index (χ0v) is 16.7. The molecule has 0 saturated heterocycles. The van der Waals surface area contributed by atoms with Crippen LogP contribution in [-0.2, 0) is 6.61 Å². The lowest BCUT2D eigenvalue weighted by Gasteiger charge is -2.12. The summed E-state index contributed by atoms with van der Waals surface area (Å²) in [6.45, 7) is 0.0999. The molecule has 2 aromatic carbocycles. The van der Waals surface area contributed by atoms with Crippen LogP contribution < -0.4 is 10.1 Å². The monoisotopic (exact) mass is 414 g/mol. The molecule has 0 radical (unpaired) electrons. The third-order valence-electron chi connectivity index (χ3n) is 3.78. The van der Waals surface area contributed by atoms with E-state index in [9.17, 15) is 14.0 Å². The van der Waals surface area contributed by atoms with Crippen LogP contribution in [0.3, 0.4) is 0 Å². The van der Waals surface area contributed by atoms with Crippen LogP contribution in [0, 0.1) is 5.82 Å². The van der Waals surface area contributed by atoms with Crippen LogP contribution in [0.25, 0.3) is 0 Å². The summed E-state index contributed by atoms with van der Waals surface area (Å²) in [6.07, 6.45) is 0. The maximum absolute atomic E-state index is 12.9. The van der Waals surface area contributed by atoms with Gasteiger partial charge in [0.15, 0.2) is 5.76 Å². The highest BCUT2D eigenvalue weighted by atomic mass is 32.2. The molecule has 0 unspecified atom stereocenters. The molecule has 150 valence electrons. The van der Waals surface area contributed by atoms with Crippen molar-refractivity contribution in [2.24, 2.45) is 0 Å². The summed E-state index contributed by atoms with van der Waals surface area (Å²) < 4.78 is 24.0.